The number of pyridine rings is 1. The number of hydrogen-bond donors (Lipinski definition) is 1. The minimum Gasteiger partial charge on any atom is -0.487 e. The highest BCUT2D eigenvalue weighted by Crippen LogP contribution is 2.17. The molecule has 1 aromatic carbocycles. The lowest BCUT2D eigenvalue weighted by molar-refractivity contribution is -0.120. The summed E-state index contributed by atoms with van der Waals surface area (Å²) in [5.74, 6) is 1.53. The first-order chi connectivity index (χ1) is 15.6. The Bertz CT molecular complexity index is 1060. The number of benzene rings is 1. The number of carbonyl (C=O) groups excluding carboxylic acids is 1. The predicted octanol–water partition coefficient (Wildman–Crippen LogP) is 1.82. The lowest BCUT2D eigenvalue weighted by Gasteiger charge is -2.35. The minimum atomic E-state index is 0.0293. The van der Waals surface area contributed by atoms with Crippen LogP contribution in [0.3, 0.4) is 0 Å². The quantitative estimate of drug-likeness (QED) is 0.471. The number of amides is 1. The Hall–Kier alpha value is -3.88. The molecule has 0 aliphatic carbocycles. The summed E-state index contributed by atoms with van der Waals surface area (Å²) in [7, 11) is 3.57. The number of aromatic nitrogens is 3. The SMILES string of the molecule is CN=C(NCc1ccc(OCc2ccccn2)cc1)N1CCN(c2cnn(C)c2)C(=O)C1. The molecule has 0 bridgehead atoms. The molecular weight excluding hydrogens is 406 g/mol. The molecule has 3 aromatic rings. The van der Waals surface area contributed by atoms with Gasteiger partial charge >= 0.3 is 0 Å². The number of rotatable bonds is 6. The maximum atomic E-state index is 12.7. The van der Waals surface area contributed by atoms with Crippen molar-refractivity contribution in [3.8, 4) is 5.75 Å². The summed E-state index contributed by atoms with van der Waals surface area (Å²) in [5, 5.41) is 7.50. The monoisotopic (exact) mass is 433 g/mol. The number of nitrogens with one attached hydrogen (secondary N) is 1. The van der Waals surface area contributed by atoms with Gasteiger partial charge in [0.25, 0.3) is 0 Å². The molecule has 9 heteroatoms. The zero-order valence-corrected chi connectivity index (χ0v) is 18.3. The van der Waals surface area contributed by atoms with Gasteiger partial charge in [-0.1, -0.05) is 18.2 Å². The number of aryl methyl sites for hydroxylation is 1. The van der Waals surface area contributed by atoms with E-state index in [1.54, 1.807) is 29.0 Å². The van der Waals surface area contributed by atoms with E-state index >= 15 is 0 Å². The van der Waals surface area contributed by atoms with E-state index in [4.69, 9.17) is 4.74 Å². The molecule has 9 nitrogen and oxygen atoms in total. The Labute approximate surface area is 187 Å². The fourth-order valence-corrected chi connectivity index (χ4v) is 3.53. The molecule has 3 heterocycles. The predicted molar refractivity (Wildman–Crippen MR) is 122 cm³/mol. The first-order valence-corrected chi connectivity index (χ1v) is 10.5. The number of guanidine groups is 1. The molecule has 1 aliphatic heterocycles. The van der Waals surface area contributed by atoms with Gasteiger partial charge in [-0.3, -0.25) is 19.5 Å². The summed E-state index contributed by atoms with van der Waals surface area (Å²) in [6, 6.07) is 13.7. The van der Waals surface area contributed by atoms with E-state index in [1.165, 1.54) is 0 Å². The molecule has 1 saturated heterocycles. The fourth-order valence-electron chi connectivity index (χ4n) is 3.53. The van der Waals surface area contributed by atoms with Crippen LogP contribution in [0.4, 0.5) is 5.69 Å². The third-order valence-electron chi connectivity index (χ3n) is 5.22. The van der Waals surface area contributed by atoms with E-state index in [1.807, 2.05) is 60.6 Å². The van der Waals surface area contributed by atoms with Crippen LogP contribution in [0, 0.1) is 0 Å². The Morgan fingerprint density at radius 3 is 2.69 bits per heavy atom. The van der Waals surface area contributed by atoms with Gasteiger partial charge in [0.15, 0.2) is 5.96 Å². The lowest BCUT2D eigenvalue weighted by atomic mass is 10.2. The third kappa shape index (κ3) is 5.23. The number of aliphatic imine (C=N–C) groups is 1. The highest BCUT2D eigenvalue weighted by atomic mass is 16.5. The zero-order valence-electron chi connectivity index (χ0n) is 18.3. The van der Waals surface area contributed by atoms with Crippen LogP contribution in [0.5, 0.6) is 5.75 Å². The maximum absolute atomic E-state index is 12.7. The molecule has 0 spiro atoms. The van der Waals surface area contributed by atoms with Crippen LogP contribution in [0.25, 0.3) is 0 Å². The summed E-state index contributed by atoms with van der Waals surface area (Å²) in [5.41, 5.74) is 2.81. The average Bonchev–Trinajstić information content (AvgIpc) is 3.25. The Balaban J connectivity index is 1.27. The Kier molecular flexibility index (Phi) is 6.64. The molecule has 1 aliphatic rings. The largest absolute Gasteiger partial charge is 0.487 e. The van der Waals surface area contributed by atoms with Crippen molar-refractivity contribution in [2.75, 3.05) is 31.6 Å². The molecule has 0 unspecified atom stereocenters. The smallest absolute Gasteiger partial charge is 0.246 e. The van der Waals surface area contributed by atoms with E-state index < -0.39 is 0 Å². The average molecular weight is 434 g/mol. The molecule has 166 valence electrons. The number of piperazine rings is 1. The van der Waals surface area contributed by atoms with Gasteiger partial charge in [-0.25, -0.2) is 0 Å². The molecule has 0 atom stereocenters. The van der Waals surface area contributed by atoms with Gasteiger partial charge in [0, 0.05) is 46.1 Å². The molecular formula is C23H27N7O2. The summed E-state index contributed by atoms with van der Waals surface area (Å²) < 4.78 is 7.48. The van der Waals surface area contributed by atoms with E-state index in [-0.39, 0.29) is 12.5 Å². The van der Waals surface area contributed by atoms with Gasteiger partial charge in [-0.15, -0.1) is 0 Å². The van der Waals surface area contributed by atoms with Crippen LogP contribution in [0.15, 0.2) is 66.0 Å². The van der Waals surface area contributed by atoms with E-state index in [9.17, 15) is 4.79 Å². The molecule has 0 radical (unpaired) electrons. The number of anilines is 1. The molecule has 1 N–H and O–H groups in total. The summed E-state index contributed by atoms with van der Waals surface area (Å²) in [6.07, 6.45) is 5.32. The van der Waals surface area contributed by atoms with Crippen LogP contribution in [-0.2, 0) is 25.0 Å². The van der Waals surface area contributed by atoms with Crippen molar-refractivity contribution in [2.24, 2.45) is 12.0 Å². The highest BCUT2D eigenvalue weighted by Gasteiger charge is 2.27. The van der Waals surface area contributed by atoms with Crippen molar-refractivity contribution < 1.29 is 9.53 Å². The van der Waals surface area contributed by atoms with Crippen molar-refractivity contribution >= 4 is 17.6 Å². The van der Waals surface area contributed by atoms with Crippen molar-refractivity contribution in [3.63, 3.8) is 0 Å². The van der Waals surface area contributed by atoms with E-state index in [0.29, 0.717) is 32.2 Å². The van der Waals surface area contributed by atoms with Gasteiger partial charge in [-0.05, 0) is 29.8 Å². The molecule has 1 amide bonds. The molecule has 32 heavy (non-hydrogen) atoms. The standard InChI is InChI=1S/C23H27N7O2/c1-24-23(29-11-12-30(22(31)16-29)20-14-27-28(2)15-20)26-13-18-6-8-21(9-7-18)32-17-19-5-3-4-10-25-19/h3-10,14-15H,11-13,16-17H2,1-2H3,(H,24,26). The zero-order chi connectivity index (χ0) is 22.3. The number of ether oxygens (including phenoxy) is 1. The summed E-state index contributed by atoms with van der Waals surface area (Å²) in [6.45, 7) is 2.59. The molecule has 4 rings (SSSR count). The van der Waals surface area contributed by atoms with Gasteiger partial charge in [0.1, 0.15) is 18.9 Å². The van der Waals surface area contributed by atoms with E-state index in [0.717, 1.165) is 22.7 Å². The van der Waals surface area contributed by atoms with Crippen LogP contribution < -0.4 is 15.0 Å². The van der Waals surface area contributed by atoms with Crippen molar-refractivity contribution in [3.05, 3.63) is 72.3 Å². The second kappa shape index (κ2) is 9.95. The van der Waals surface area contributed by atoms with Gasteiger partial charge in [0.2, 0.25) is 5.91 Å². The Morgan fingerprint density at radius 1 is 1.19 bits per heavy atom. The topological polar surface area (TPSA) is 87.9 Å². The Morgan fingerprint density at radius 2 is 2.03 bits per heavy atom. The summed E-state index contributed by atoms with van der Waals surface area (Å²) >= 11 is 0. The van der Waals surface area contributed by atoms with Crippen molar-refractivity contribution in [2.45, 2.75) is 13.2 Å². The third-order valence-corrected chi connectivity index (χ3v) is 5.22. The summed E-state index contributed by atoms with van der Waals surface area (Å²) in [4.78, 5) is 25.0. The highest BCUT2D eigenvalue weighted by molar-refractivity contribution is 5.98. The van der Waals surface area contributed by atoms with Crippen molar-refractivity contribution in [1.82, 2.24) is 25.0 Å². The van der Waals surface area contributed by atoms with Gasteiger partial charge in [-0.2, -0.15) is 5.10 Å². The lowest BCUT2D eigenvalue weighted by Crippen LogP contribution is -2.55. The number of carbonyl (C=O) groups is 1. The maximum Gasteiger partial charge on any atom is 0.246 e. The fraction of sp³-hybridized carbons (Fsp3) is 0.304. The number of hydrogen-bond acceptors (Lipinski definition) is 5. The van der Waals surface area contributed by atoms with Gasteiger partial charge < -0.3 is 19.9 Å². The van der Waals surface area contributed by atoms with Crippen LogP contribution in [0.1, 0.15) is 11.3 Å². The first kappa shape index (κ1) is 21.4. The first-order valence-electron chi connectivity index (χ1n) is 10.5. The van der Waals surface area contributed by atoms with Crippen LogP contribution in [-0.4, -0.2) is 58.2 Å². The number of nitrogens with zero attached hydrogens (tertiary/aromatic N) is 6. The van der Waals surface area contributed by atoms with Crippen LogP contribution >= 0.6 is 0 Å². The molecule has 2 aromatic heterocycles. The second-order valence-electron chi connectivity index (χ2n) is 7.49. The molecule has 0 saturated carbocycles. The van der Waals surface area contributed by atoms with Gasteiger partial charge in [0.05, 0.1) is 17.6 Å². The minimum absolute atomic E-state index is 0.0293. The van der Waals surface area contributed by atoms with Crippen molar-refractivity contribution in [1.29, 1.82) is 0 Å². The van der Waals surface area contributed by atoms with Crippen LogP contribution in [0.2, 0.25) is 0 Å². The van der Waals surface area contributed by atoms with E-state index in [2.05, 4.69) is 20.4 Å². The second-order valence-corrected chi connectivity index (χ2v) is 7.49. The molecule has 1 fully saturated rings. The normalized spacial score (nSPS) is 14.6.